The third-order valence-corrected chi connectivity index (χ3v) is 7.42. The van der Waals surface area contributed by atoms with Gasteiger partial charge >= 0.3 is 0 Å². The van der Waals surface area contributed by atoms with Gasteiger partial charge in [-0.1, -0.05) is 17.3 Å². The number of fused-ring (bicyclic) bond motifs is 2. The maximum atomic E-state index is 6.12. The molecule has 186 valence electrons. The Labute approximate surface area is 215 Å². The van der Waals surface area contributed by atoms with Crippen LogP contribution in [0.2, 0.25) is 0 Å². The van der Waals surface area contributed by atoms with Gasteiger partial charge in [-0.25, -0.2) is 9.36 Å². The standard InChI is InChI=1S/C29H29N7O/c1-19-12-22(17-31-15-19)21-6-8-27-25(14-21)29(33-36(27)28-4-2-3-11-37-28)26-18-35(34-32-26)24-7-5-20-9-10-30-16-23(20)13-24/h5-8,12-15,17-18,28,30H,2-4,9-11,16H2,1H3. The minimum absolute atomic E-state index is 0.0697. The fourth-order valence-electron chi connectivity index (χ4n) is 5.47. The normalized spacial score (nSPS) is 17.7. The molecule has 0 spiro atoms. The lowest BCUT2D eigenvalue weighted by Gasteiger charge is -2.23. The van der Waals surface area contributed by atoms with Gasteiger partial charge in [0.1, 0.15) is 11.4 Å². The van der Waals surface area contributed by atoms with Crippen LogP contribution in [0.3, 0.4) is 0 Å². The number of hydrogen-bond donors (Lipinski definition) is 1. The molecule has 2 aromatic carbocycles. The molecule has 1 saturated heterocycles. The van der Waals surface area contributed by atoms with Crippen LogP contribution in [0.5, 0.6) is 0 Å². The summed E-state index contributed by atoms with van der Waals surface area (Å²) in [6.45, 7) is 4.74. The van der Waals surface area contributed by atoms with Gasteiger partial charge in [0.15, 0.2) is 6.23 Å². The Bertz CT molecular complexity index is 1600. The summed E-state index contributed by atoms with van der Waals surface area (Å²) < 4.78 is 10.0. The first-order valence-electron chi connectivity index (χ1n) is 13.0. The third-order valence-electron chi connectivity index (χ3n) is 7.42. The summed E-state index contributed by atoms with van der Waals surface area (Å²) in [5.41, 5.74) is 9.65. The first kappa shape index (κ1) is 22.3. The predicted octanol–water partition coefficient (Wildman–Crippen LogP) is 5.00. The lowest BCUT2D eigenvalue weighted by atomic mass is 10.0. The van der Waals surface area contributed by atoms with Gasteiger partial charge in [-0.3, -0.25) is 4.98 Å². The van der Waals surface area contributed by atoms with E-state index in [4.69, 9.17) is 9.84 Å². The Morgan fingerprint density at radius 2 is 1.97 bits per heavy atom. The van der Waals surface area contributed by atoms with E-state index >= 15 is 0 Å². The van der Waals surface area contributed by atoms with Crippen LogP contribution in [0.1, 0.15) is 42.2 Å². The first-order valence-corrected chi connectivity index (χ1v) is 13.0. The van der Waals surface area contributed by atoms with Crippen LogP contribution in [0.4, 0.5) is 0 Å². The number of pyridine rings is 1. The van der Waals surface area contributed by atoms with E-state index in [2.05, 4.69) is 70.0 Å². The lowest BCUT2D eigenvalue weighted by Crippen LogP contribution is -2.23. The molecule has 8 nitrogen and oxygen atoms in total. The van der Waals surface area contributed by atoms with E-state index in [-0.39, 0.29) is 6.23 Å². The van der Waals surface area contributed by atoms with Crippen molar-refractivity contribution < 1.29 is 4.74 Å². The smallest absolute Gasteiger partial charge is 0.150 e. The fourth-order valence-corrected chi connectivity index (χ4v) is 5.47. The quantitative estimate of drug-likeness (QED) is 0.381. The average molecular weight is 492 g/mol. The number of ether oxygens (including phenoxy) is 1. The van der Waals surface area contributed by atoms with Crippen LogP contribution in [-0.4, -0.2) is 42.9 Å². The van der Waals surface area contributed by atoms with Crippen LogP contribution in [0.25, 0.3) is 39.1 Å². The summed E-state index contributed by atoms with van der Waals surface area (Å²) in [7, 11) is 0. The van der Waals surface area contributed by atoms with Gasteiger partial charge in [-0.15, -0.1) is 5.10 Å². The summed E-state index contributed by atoms with van der Waals surface area (Å²) >= 11 is 0. The summed E-state index contributed by atoms with van der Waals surface area (Å²) in [4.78, 5) is 4.40. The minimum atomic E-state index is -0.0697. The van der Waals surface area contributed by atoms with Crippen molar-refractivity contribution in [3.05, 3.63) is 77.7 Å². The molecule has 7 rings (SSSR count). The van der Waals surface area contributed by atoms with Gasteiger partial charge in [0.2, 0.25) is 0 Å². The Hall–Kier alpha value is -3.88. The predicted molar refractivity (Wildman–Crippen MR) is 142 cm³/mol. The maximum Gasteiger partial charge on any atom is 0.150 e. The number of hydrogen-bond acceptors (Lipinski definition) is 6. The zero-order valence-electron chi connectivity index (χ0n) is 20.9. The highest BCUT2D eigenvalue weighted by atomic mass is 16.5. The van der Waals surface area contributed by atoms with E-state index in [0.717, 1.165) is 90.0 Å². The van der Waals surface area contributed by atoms with Gasteiger partial charge in [-0.05, 0) is 91.7 Å². The highest BCUT2D eigenvalue weighted by Crippen LogP contribution is 2.35. The molecule has 0 aliphatic carbocycles. The second-order valence-electron chi connectivity index (χ2n) is 10.0. The van der Waals surface area contributed by atoms with Crippen LogP contribution in [0, 0.1) is 6.92 Å². The Balaban J connectivity index is 1.33. The fraction of sp³-hybridized carbons (Fsp3) is 0.310. The molecule has 1 fully saturated rings. The summed E-state index contributed by atoms with van der Waals surface area (Å²) in [5.74, 6) is 0. The summed E-state index contributed by atoms with van der Waals surface area (Å²) in [6, 6.07) is 15.2. The van der Waals surface area contributed by atoms with Crippen molar-refractivity contribution in [3.63, 3.8) is 0 Å². The van der Waals surface area contributed by atoms with Gasteiger partial charge in [0.05, 0.1) is 17.4 Å². The zero-order chi connectivity index (χ0) is 24.8. The molecule has 0 amide bonds. The third kappa shape index (κ3) is 4.12. The van der Waals surface area contributed by atoms with Crippen molar-refractivity contribution >= 4 is 10.9 Å². The number of aryl methyl sites for hydroxylation is 1. The topological polar surface area (TPSA) is 82.7 Å². The number of nitrogens with zero attached hydrogens (tertiary/aromatic N) is 6. The van der Waals surface area contributed by atoms with Gasteiger partial charge in [0, 0.05) is 36.5 Å². The Kier molecular flexibility index (Phi) is 5.56. The van der Waals surface area contributed by atoms with Crippen LogP contribution >= 0.6 is 0 Å². The van der Waals surface area contributed by atoms with Crippen LogP contribution in [0.15, 0.2) is 61.1 Å². The van der Waals surface area contributed by atoms with Crippen LogP contribution in [-0.2, 0) is 17.7 Å². The van der Waals surface area contributed by atoms with Gasteiger partial charge in [-0.2, -0.15) is 5.10 Å². The molecule has 5 heterocycles. The number of rotatable bonds is 4. The number of benzene rings is 2. The molecule has 1 atom stereocenters. The van der Waals surface area contributed by atoms with Gasteiger partial charge in [0.25, 0.3) is 0 Å². The molecule has 0 radical (unpaired) electrons. The molecule has 0 bridgehead atoms. The van der Waals surface area contributed by atoms with E-state index in [1.54, 1.807) is 0 Å². The molecule has 1 N–H and O–H groups in total. The molecule has 2 aliphatic heterocycles. The molecule has 8 heteroatoms. The molecular formula is C29H29N7O. The Morgan fingerprint density at radius 1 is 1.00 bits per heavy atom. The van der Waals surface area contributed by atoms with Crippen molar-refractivity contribution in [2.75, 3.05) is 13.2 Å². The summed E-state index contributed by atoms with van der Waals surface area (Å²) in [5, 5.41) is 18.6. The second-order valence-corrected chi connectivity index (χ2v) is 10.0. The van der Waals surface area contributed by atoms with Crippen molar-refractivity contribution in [2.24, 2.45) is 0 Å². The maximum absolute atomic E-state index is 6.12. The SMILES string of the molecule is Cc1cncc(-c2ccc3c(c2)c(-c2cn(-c4ccc5c(c4)CNCC5)nn2)nn3C2CCCCO2)c1. The van der Waals surface area contributed by atoms with Crippen molar-refractivity contribution in [1.82, 2.24) is 35.1 Å². The molecule has 2 aliphatic rings. The van der Waals surface area contributed by atoms with E-state index in [1.165, 1.54) is 11.1 Å². The minimum Gasteiger partial charge on any atom is -0.356 e. The number of nitrogens with one attached hydrogen (secondary N) is 1. The van der Waals surface area contributed by atoms with Crippen molar-refractivity contribution in [3.8, 4) is 28.2 Å². The Morgan fingerprint density at radius 3 is 2.86 bits per heavy atom. The average Bonchev–Trinajstić information content (AvgIpc) is 3.58. The molecule has 5 aromatic rings. The van der Waals surface area contributed by atoms with Crippen molar-refractivity contribution in [2.45, 2.75) is 45.4 Å². The summed E-state index contributed by atoms with van der Waals surface area (Å²) in [6.07, 6.45) is 9.94. The molecule has 3 aromatic heterocycles. The molecule has 0 saturated carbocycles. The first-order chi connectivity index (χ1) is 18.2. The van der Waals surface area contributed by atoms with E-state index in [9.17, 15) is 0 Å². The molecule has 37 heavy (non-hydrogen) atoms. The van der Waals surface area contributed by atoms with E-state index < -0.39 is 0 Å². The highest BCUT2D eigenvalue weighted by molar-refractivity contribution is 5.95. The van der Waals surface area contributed by atoms with Crippen molar-refractivity contribution in [1.29, 1.82) is 0 Å². The van der Waals surface area contributed by atoms with Gasteiger partial charge < -0.3 is 10.1 Å². The largest absolute Gasteiger partial charge is 0.356 e. The lowest BCUT2D eigenvalue weighted by molar-refractivity contribution is -0.0365. The zero-order valence-corrected chi connectivity index (χ0v) is 20.9. The second kappa shape index (κ2) is 9.21. The van der Waals surface area contributed by atoms with E-state index in [0.29, 0.717) is 0 Å². The van der Waals surface area contributed by atoms with Crippen LogP contribution < -0.4 is 5.32 Å². The molecular weight excluding hydrogens is 462 g/mol. The monoisotopic (exact) mass is 491 g/mol. The number of aromatic nitrogens is 6. The highest BCUT2D eigenvalue weighted by Gasteiger charge is 2.23. The molecule has 1 unspecified atom stereocenters. The van der Waals surface area contributed by atoms with E-state index in [1.807, 2.05) is 28.0 Å².